The van der Waals surface area contributed by atoms with Crippen LogP contribution in [0.5, 0.6) is 11.8 Å². The molecule has 2 saturated heterocycles. The first-order valence-electron chi connectivity index (χ1n) is 13.9. The first-order chi connectivity index (χ1) is 19.4. The third-order valence-electron chi connectivity index (χ3n) is 8.42. The van der Waals surface area contributed by atoms with Gasteiger partial charge in [-0.05, 0) is 44.3 Å². The van der Waals surface area contributed by atoms with E-state index >= 15 is 4.39 Å². The number of methoxy groups -OCH3 is 1. The Bertz CT molecular complexity index is 1420. The number of nitrogens with zero attached hydrogens (tertiary/aromatic N) is 5. The molecule has 3 aliphatic heterocycles. The molecule has 40 heavy (non-hydrogen) atoms. The highest BCUT2D eigenvalue weighted by Gasteiger charge is 2.35. The Labute approximate surface area is 232 Å². The number of hydrogen-bond acceptors (Lipinski definition) is 8. The van der Waals surface area contributed by atoms with Crippen LogP contribution in [-0.4, -0.2) is 90.5 Å². The predicted octanol–water partition coefficient (Wildman–Crippen LogP) is 3.44. The second kappa shape index (κ2) is 11.1. The van der Waals surface area contributed by atoms with Gasteiger partial charge >= 0.3 is 12.1 Å². The number of anilines is 1. The van der Waals surface area contributed by atoms with Crippen molar-refractivity contribution in [1.29, 1.82) is 0 Å². The smallest absolute Gasteiger partial charge is 0.407 e. The average molecular weight is 551 g/mol. The van der Waals surface area contributed by atoms with E-state index < -0.39 is 18.0 Å². The maximum absolute atomic E-state index is 15.8. The van der Waals surface area contributed by atoms with Gasteiger partial charge in [0.15, 0.2) is 11.6 Å². The van der Waals surface area contributed by atoms with Gasteiger partial charge in [-0.1, -0.05) is 24.3 Å². The summed E-state index contributed by atoms with van der Waals surface area (Å²) >= 11 is 0. The highest BCUT2D eigenvalue weighted by Crippen LogP contribution is 2.39. The van der Waals surface area contributed by atoms with Crippen molar-refractivity contribution < 1.29 is 23.8 Å². The van der Waals surface area contributed by atoms with Crippen LogP contribution >= 0.6 is 0 Å². The molecule has 0 saturated carbocycles. The number of benzene rings is 2. The van der Waals surface area contributed by atoms with Gasteiger partial charge in [-0.15, -0.1) is 0 Å². The summed E-state index contributed by atoms with van der Waals surface area (Å²) in [5, 5.41) is 14.9. The number of carboxylic acid groups (broad SMARTS) is 1. The molecule has 4 heterocycles. The number of ether oxygens (including phenoxy) is 2. The Balaban J connectivity index is 1.40. The van der Waals surface area contributed by atoms with Crippen LogP contribution in [0, 0.1) is 5.82 Å². The minimum atomic E-state index is -0.976. The second-order valence-electron chi connectivity index (χ2n) is 10.7. The molecule has 3 aliphatic rings. The topological polar surface area (TPSA) is 103 Å². The summed E-state index contributed by atoms with van der Waals surface area (Å²) in [6, 6.07) is 9.47. The molecule has 0 radical (unpaired) electrons. The minimum absolute atomic E-state index is 0.193. The van der Waals surface area contributed by atoms with Crippen molar-refractivity contribution in [3.05, 3.63) is 53.1 Å². The molecular weight excluding hydrogens is 515 g/mol. The molecule has 0 aliphatic carbocycles. The Hall–Kier alpha value is -3.70. The number of amides is 1. The number of likely N-dealkylation sites (N-methyl/N-ethyl adjacent to an activating group) is 1. The maximum Gasteiger partial charge on any atom is 0.407 e. The fraction of sp³-hybridized carbons (Fsp3) is 0.483. The standard InChI is InChI=1S/C29H35FN6O4/c1-34-11-5-7-19(34)17-40-28-32-22-16-35(27-20-8-4-3-6-18(20)14-24(39-2)25(27)30)12-9-21(22)26(33-28)23-15-31-10-13-36(23)29(37)38/h3-4,6,8,14,19,23,31H,5,7,9-13,15-17H2,1-2H3,(H,37,38)/t19-,23?/m0/s1. The van der Waals surface area contributed by atoms with Crippen LogP contribution in [0.25, 0.3) is 10.8 Å². The number of fused-ring (bicyclic) bond motifs is 2. The van der Waals surface area contributed by atoms with Gasteiger partial charge in [0, 0.05) is 43.2 Å². The van der Waals surface area contributed by atoms with Gasteiger partial charge in [-0.25, -0.2) is 9.18 Å². The molecular formula is C29H35FN6O4. The SMILES string of the molecule is COc1cc2ccccc2c(N2CCc3c(nc(OC[C@@H]4CCCN4C)nc3C3CNCCN3C(=O)O)C2)c1F. The molecule has 0 spiro atoms. The Morgan fingerprint density at radius 1 is 1.23 bits per heavy atom. The first-order valence-corrected chi connectivity index (χ1v) is 13.9. The van der Waals surface area contributed by atoms with Crippen LogP contribution < -0.4 is 19.7 Å². The molecule has 11 heteroatoms. The molecule has 0 bridgehead atoms. The average Bonchev–Trinajstić information content (AvgIpc) is 3.39. The van der Waals surface area contributed by atoms with Gasteiger partial charge in [0.2, 0.25) is 0 Å². The lowest BCUT2D eigenvalue weighted by molar-refractivity contribution is 0.110. The van der Waals surface area contributed by atoms with E-state index in [1.54, 1.807) is 6.07 Å². The first kappa shape index (κ1) is 26.5. The monoisotopic (exact) mass is 550 g/mol. The van der Waals surface area contributed by atoms with Gasteiger partial charge in [0.1, 0.15) is 6.61 Å². The Morgan fingerprint density at radius 3 is 2.85 bits per heavy atom. The van der Waals surface area contributed by atoms with Crippen LogP contribution in [0.4, 0.5) is 14.9 Å². The zero-order chi connectivity index (χ0) is 27.8. The maximum atomic E-state index is 15.8. The lowest BCUT2D eigenvalue weighted by Gasteiger charge is -2.37. The van der Waals surface area contributed by atoms with Gasteiger partial charge in [-0.3, -0.25) is 4.90 Å². The van der Waals surface area contributed by atoms with Crippen LogP contribution in [0.2, 0.25) is 0 Å². The number of piperazine rings is 1. The zero-order valence-electron chi connectivity index (χ0n) is 22.9. The van der Waals surface area contributed by atoms with Crippen LogP contribution in [-0.2, 0) is 13.0 Å². The van der Waals surface area contributed by atoms with Gasteiger partial charge < -0.3 is 29.7 Å². The lowest BCUT2D eigenvalue weighted by Crippen LogP contribution is -2.49. The molecule has 1 amide bonds. The van der Waals surface area contributed by atoms with E-state index in [9.17, 15) is 9.90 Å². The molecule has 2 aromatic carbocycles. The highest BCUT2D eigenvalue weighted by molar-refractivity contribution is 5.96. The second-order valence-corrected chi connectivity index (χ2v) is 10.7. The predicted molar refractivity (Wildman–Crippen MR) is 149 cm³/mol. The number of rotatable bonds is 6. The summed E-state index contributed by atoms with van der Waals surface area (Å²) in [7, 11) is 3.56. The van der Waals surface area contributed by atoms with Crippen molar-refractivity contribution in [2.24, 2.45) is 0 Å². The number of hydrogen-bond donors (Lipinski definition) is 2. The van der Waals surface area contributed by atoms with Crippen molar-refractivity contribution in [2.45, 2.75) is 37.9 Å². The quantitative estimate of drug-likeness (QED) is 0.478. The van der Waals surface area contributed by atoms with E-state index in [-0.39, 0.29) is 17.8 Å². The molecule has 212 valence electrons. The third kappa shape index (κ3) is 4.88. The summed E-state index contributed by atoms with van der Waals surface area (Å²) in [6.45, 7) is 3.77. The van der Waals surface area contributed by atoms with E-state index in [0.717, 1.165) is 41.4 Å². The van der Waals surface area contributed by atoms with Gasteiger partial charge in [0.05, 0.1) is 36.8 Å². The molecule has 2 N–H and O–H groups in total. The summed E-state index contributed by atoms with van der Waals surface area (Å²) in [5.74, 6) is -0.217. The van der Waals surface area contributed by atoms with Crippen molar-refractivity contribution >= 4 is 22.6 Å². The van der Waals surface area contributed by atoms with E-state index in [0.29, 0.717) is 57.1 Å². The van der Waals surface area contributed by atoms with Crippen LogP contribution in [0.3, 0.4) is 0 Å². The van der Waals surface area contributed by atoms with Crippen molar-refractivity contribution in [3.63, 3.8) is 0 Å². The normalized spacial score (nSPS) is 21.5. The molecule has 3 aromatic rings. The van der Waals surface area contributed by atoms with E-state index in [1.165, 1.54) is 12.0 Å². The molecule has 2 atom stereocenters. The van der Waals surface area contributed by atoms with E-state index in [2.05, 4.69) is 17.3 Å². The molecule has 10 nitrogen and oxygen atoms in total. The fourth-order valence-electron chi connectivity index (χ4n) is 6.24. The molecule has 6 rings (SSSR count). The minimum Gasteiger partial charge on any atom is -0.494 e. The molecule has 2 fully saturated rings. The van der Waals surface area contributed by atoms with Crippen LogP contribution in [0.1, 0.15) is 35.8 Å². The number of halogens is 1. The summed E-state index contributed by atoms with van der Waals surface area (Å²) in [5.41, 5.74) is 2.79. The third-order valence-corrected chi connectivity index (χ3v) is 8.42. The van der Waals surface area contributed by atoms with Crippen molar-refractivity contribution in [2.75, 3.05) is 58.4 Å². The number of likely N-dealkylation sites (tertiary alicyclic amines) is 1. The zero-order valence-corrected chi connectivity index (χ0v) is 22.9. The largest absolute Gasteiger partial charge is 0.494 e. The fourth-order valence-corrected chi connectivity index (χ4v) is 6.24. The highest BCUT2D eigenvalue weighted by atomic mass is 19.1. The summed E-state index contributed by atoms with van der Waals surface area (Å²) in [4.78, 5) is 27.5. The lowest BCUT2D eigenvalue weighted by atomic mass is 9.96. The Morgan fingerprint density at radius 2 is 2.08 bits per heavy atom. The number of nitrogens with one attached hydrogen (secondary N) is 1. The van der Waals surface area contributed by atoms with Gasteiger partial charge in [0.25, 0.3) is 0 Å². The molecule has 1 unspecified atom stereocenters. The molecule has 1 aromatic heterocycles. The van der Waals surface area contributed by atoms with E-state index in [4.69, 9.17) is 19.4 Å². The summed E-state index contributed by atoms with van der Waals surface area (Å²) in [6.07, 6.45) is 1.74. The summed E-state index contributed by atoms with van der Waals surface area (Å²) < 4.78 is 27.3. The Kier molecular flexibility index (Phi) is 7.33. The number of aromatic nitrogens is 2. The van der Waals surface area contributed by atoms with Crippen LogP contribution in [0.15, 0.2) is 30.3 Å². The van der Waals surface area contributed by atoms with E-state index in [1.807, 2.05) is 29.2 Å². The van der Waals surface area contributed by atoms with Crippen molar-refractivity contribution in [3.8, 4) is 11.8 Å². The van der Waals surface area contributed by atoms with Crippen molar-refractivity contribution in [1.82, 2.24) is 25.1 Å². The number of carbonyl (C=O) groups is 1. The van der Waals surface area contributed by atoms with Gasteiger partial charge in [-0.2, -0.15) is 9.97 Å².